The van der Waals surface area contributed by atoms with E-state index < -0.39 is 11.9 Å². The molecule has 6 heteroatoms. The average Bonchev–Trinajstić information content (AvgIpc) is 3.22. The molecule has 0 saturated carbocycles. The lowest BCUT2D eigenvalue weighted by molar-refractivity contribution is 0.0601. The number of unbranched alkanes of at least 4 members (excludes halogenated alkanes) is 1. The number of aromatic carboxylic acids is 1. The second kappa shape index (κ2) is 9.28. The summed E-state index contributed by atoms with van der Waals surface area (Å²) in [7, 11) is 1.38. The molecule has 0 amide bonds. The highest BCUT2D eigenvalue weighted by molar-refractivity contribution is 6.03. The van der Waals surface area contributed by atoms with Crippen LogP contribution in [0.2, 0.25) is 0 Å². The van der Waals surface area contributed by atoms with Gasteiger partial charge in [0.2, 0.25) is 0 Å². The molecule has 4 rings (SSSR count). The van der Waals surface area contributed by atoms with E-state index in [0.29, 0.717) is 11.1 Å². The lowest BCUT2D eigenvalue weighted by atomic mass is 9.99. The first-order valence-corrected chi connectivity index (χ1v) is 11.0. The standard InChI is InChI=1S/C27H26N2O4/c1-4-5-10-23-28-24-17(2)11-16-22(27(32)33-3)25(24)29(23)19-14-12-18(13-15-19)20-8-6-7-9-21(20)26(30)31/h6-9,11-16H,4-5,10H2,1-3H3,(H,30,31). The minimum Gasteiger partial charge on any atom is -0.478 e. The second-order valence-corrected chi connectivity index (χ2v) is 7.98. The number of ether oxygens (including phenoxy) is 1. The molecule has 0 unspecified atom stereocenters. The summed E-state index contributed by atoms with van der Waals surface area (Å²) in [6.45, 7) is 4.11. The number of carboxylic acid groups (broad SMARTS) is 1. The van der Waals surface area contributed by atoms with Crippen LogP contribution in [-0.4, -0.2) is 33.7 Å². The lowest BCUT2D eigenvalue weighted by Gasteiger charge is -2.13. The summed E-state index contributed by atoms with van der Waals surface area (Å²) in [5.41, 5.74) is 5.54. The second-order valence-electron chi connectivity index (χ2n) is 7.98. The summed E-state index contributed by atoms with van der Waals surface area (Å²) >= 11 is 0. The van der Waals surface area contributed by atoms with Gasteiger partial charge in [0.15, 0.2) is 0 Å². The quantitative estimate of drug-likeness (QED) is 0.364. The number of methoxy groups -OCH3 is 1. The van der Waals surface area contributed by atoms with Crippen LogP contribution in [0, 0.1) is 6.92 Å². The number of imidazole rings is 1. The summed E-state index contributed by atoms with van der Waals surface area (Å²) in [4.78, 5) is 29.1. The molecule has 0 fully saturated rings. The van der Waals surface area contributed by atoms with E-state index in [1.54, 1.807) is 24.3 Å². The molecule has 1 heterocycles. The number of hydrogen-bond acceptors (Lipinski definition) is 4. The minimum absolute atomic E-state index is 0.255. The Kier molecular flexibility index (Phi) is 6.27. The topological polar surface area (TPSA) is 81.4 Å². The van der Waals surface area contributed by atoms with Crippen molar-refractivity contribution in [3.63, 3.8) is 0 Å². The van der Waals surface area contributed by atoms with E-state index in [2.05, 4.69) is 6.92 Å². The van der Waals surface area contributed by atoms with Crippen LogP contribution in [0.1, 0.15) is 51.9 Å². The molecule has 1 aromatic heterocycles. The van der Waals surface area contributed by atoms with E-state index >= 15 is 0 Å². The van der Waals surface area contributed by atoms with Gasteiger partial charge < -0.3 is 9.84 Å². The zero-order chi connectivity index (χ0) is 23.5. The fourth-order valence-corrected chi connectivity index (χ4v) is 4.12. The third-order valence-corrected chi connectivity index (χ3v) is 5.83. The Morgan fingerprint density at radius 1 is 1.00 bits per heavy atom. The smallest absolute Gasteiger partial charge is 0.340 e. The fraction of sp³-hybridized carbons (Fsp3) is 0.222. The molecule has 0 saturated heterocycles. The van der Waals surface area contributed by atoms with Gasteiger partial charge in [-0.05, 0) is 54.3 Å². The van der Waals surface area contributed by atoms with E-state index in [1.807, 2.05) is 47.9 Å². The number of benzene rings is 3. The van der Waals surface area contributed by atoms with Crippen molar-refractivity contribution in [3.8, 4) is 16.8 Å². The number of rotatable bonds is 7. The van der Waals surface area contributed by atoms with Crippen molar-refractivity contribution < 1.29 is 19.4 Å². The van der Waals surface area contributed by atoms with Crippen LogP contribution in [0.25, 0.3) is 27.8 Å². The summed E-state index contributed by atoms with van der Waals surface area (Å²) < 4.78 is 7.07. The minimum atomic E-state index is -0.963. The highest BCUT2D eigenvalue weighted by atomic mass is 16.5. The van der Waals surface area contributed by atoms with Crippen molar-refractivity contribution in [2.24, 2.45) is 0 Å². The van der Waals surface area contributed by atoms with Crippen molar-refractivity contribution in [1.82, 2.24) is 9.55 Å². The van der Waals surface area contributed by atoms with Gasteiger partial charge in [-0.1, -0.05) is 49.7 Å². The molecular formula is C27H26N2O4. The highest BCUT2D eigenvalue weighted by Crippen LogP contribution is 2.31. The van der Waals surface area contributed by atoms with Crippen LogP contribution in [-0.2, 0) is 11.2 Å². The zero-order valence-corrected chi connectivity index (χ0v) is 19.0. The maximum absolute atomic E-state index is 12.6. The van der Waals surface area contributed by atoms with E-state index in [0.717, 1.165) is 52.9 Å². The summed E-state index contributed by atoms with van der Waals surface area (Å²) in [5.74, 6) is -0.490. The lowest BCUT2D eigenvalue weighted by Crippen LogP contribution is -2.07. The van der Waals surface area contributed by atoms with Crippen molar-refractivity contribution in [3.05, 3.63) is 83.2 Å². The van der Waals surface area contributed by atoms with E-state index in [4.69, 9.17) is 9.72 Å². The van der Waals surface area contributed by atoms with Crippen molar-refractivity contribution >= 4 is 23.0 Å². The predicted octanol–water partition coefficient (Wildman–Crippen LogP) is 5.83. The number of aryl methyl sites for hydroxylation is 2. The van der Waals surface area contributed by atoms with Crippen LogP contribution < -0.4 is 0 Å². The van der Waals surface area contributed by atoms with Gasteiger partial charge in [0.25, 0.3) is 0 Å². The Labute approximate surface area is 192 Å². The first-order valence-electron chi connectivity index (χ1n) is 11.0. The summed E-state index contributed by atoms with van der Waals surface area (Å²) in [6.07, 6.45) is 2.77. The first-order chi connectivity index (χ1) is 16.0. The average molecular weight is 443 g/mol. The van der Waals surface area contributed by atoms with Gasteiger partial charge in [0.1, 0.15) is 5.82 Å². The van der Waals surface area contributed by atoms with Crippen LogP contribution >= 0.6 is 0 Å². The molecule has 0 radical (unpaired) electrons. The molecule has 6 nitrogen and oxygen atoms in total. The maximum atomic E-state index is 12.6. The number of carbonyl (C=O) groups excluding carboxylic acids is 1. The number of carbonyl (C=O) groups is 2. The fourth-order valence-electron chi connectivity index (χ4n) is 4.12. The molecular weight excluding hydrogens is 416 g/mol. The van der Waals surface area contributed by atoms with Crippen LogP contribution in [0.5, 0.6) is 0 Å². The molecule has 0 aliphatic carbocycles. The Morgan fingerprint density at radius 3 is 2.39 bits per heavy atom. The van der Waals surface area contributed by atoms with Crippen LogP contribution in [0.15, 0.2) is 60.7 Å². The van der Waals surface area contributed by atoms with Gasteiger partial charge >= 0.3 is 11.9 Å². The first kappa shape index (κ1) is 22.3. The molecule has 0 spiro atoms. The molecule has 0 atom stereocenters. The number of nitrogens with zero attached hydrogens (tertiary/aromatic N) is 2. The van der Waals surface area contributed by atoms with Gasteiger partial charge in [-0.2, -0.15) is 0 Å². The number of aromatic nitrogens is 2. The van der Waals surface area contributed by atoms with Crippen molar-refractivity contribution in [2.75, 3.05) is 7.11 Å². The SMILES string of the molecule is CCCCc1nc2c(C)ccc(C(=O)OC)c2n1-c1ccc(-c2ccccc2C(=O)O)cc1. The number of carboxylic acids is 1. The van der Waals surface area contributed by atoms with Crippen molar-refractivity contribution in [2.45, 2.75) is 33.1 Å². The van der Waals surface area contributed by atoms with Crippen LogP contribution in [0.4, 0.5) is 0 Å². The number of fused-ring (bicyclic) bond motifs is 1. The summed E-state index contributed by atoms with van der Waals surface area (Å²) in [5, 5.41) is 9.54. The maximum Gasteiger partial charge on any atom is 0.340 e. The van der Waals surface area contributed by atoms with Gasteiger partial charge in [-0.3, -0.25) is 4.57 Å². The molecule has 1 N–H and O–H groups in total. The van der Waals surface area contributed by atoms with E-state index in [9.17, 15) is 14.7 Å². The van der Waals surface area contributed by atoms with Crippen molar-refractivity contribution in [1.29, 1.82) is 0 Å². The van der Waals surface area contributed by atoms with E-state index in [1.165, 1.54) is 7.11 Å². The Balaban J connectivity index is 1.91. The summed E-state index contributed by atoms with van der Waals surface area (Å²) in [6, 6.07) is 18.3. The van der Waals surface area contributed by atoms with Gasteiger partial charge in [-0.15, -0.1) is 0 Å². The van der Waals surface area contributed by atoms with Crippen LogP contribution in [0.3, 0.4) is 0 Å². The van der Waals surface area contributed by atoms with Gasteiger partial charge in [0.05, 0.1) is 29.3 Å². The monoisotopic (exact) mass is 442 g/mol. The largest absolute Gasteiger partial charge is 0.478 e. The number of esters is 1. The molecule has 3 aromatic carbocycles. The Bertz CT molecular complexity index is 1340. The molecule has 4 aromatic rings. The molecule has 168 valence electrons. The van der Waals surface area contributed by atoms with E-state index in [-0.39, 0.29) is 5.56 Å². The van der Waals surface area contributed by atoms with Gasteiger partial charge in [0, 0.05) is 12.1 Å². The Morgan fingerprint density at radius 2 is 1.73 bits per heavy atom. The predicted molar refractivity (Wildman–Crippen MR) is 128 cm³/mol. The Hall–Kier alpha value is -3.93. The number of hydrogen-bond donors (Lipinski definition) is 1. The molecule has 0 bridgehead atoms. The normalized spacial score (nSPS) is 11.0. The molecule has 0 aliphatic heterocycles. The highest BCUT2D eigenvalue weighted by Gasteiger charge is 2.21. The molecule has 33 heavy (non-hydrogen) atoms. The zero-order valence-electron chi connectivity index (χ0n) is 19.0. The van der Waals surface area contributed by atoms with Gasteiger partial charge in [-0.25, -0.2) is 14.6 Å². The molecule has 0 aliphatic rings. The third kappa shape index (κ3) is 4.12. The third-order valence-electron chi connectivity index (χ3n) is 5.83.